The first-order valence-corrected chi connectivity index (χ1v) is 11.1. The van der Waals surface area contributed by atoms with Crippen LogP contribution in [0.25, 0.3) is 22.0 Å². The maximum absolute atomic E-state index is 14.9. The Hall–Kier alpha value is -3.12. The van der Waals surface area contributed by atoms with Crippen LogP contribution >= 0.6 is 11.3 Å². The zero-order chi connectivity index (χ0) is 22.0. The van der Waals surface area contributed by atoms with Gasteiger partial charge in [0.1, 0.15) is 27.9 Å². The average molecular weight is 439 g/mol. The van der Waals surface area contributed by atoms with Crippen molar-refractivity contribution in [2.45, 2.75) is 44.8 Å². The number of aromatic hydroxyl groups is 1. The molecule has 1 saturated carbocycles. The Morgan fingerprint density at radius 1 is 1.26 bits per heavy atom. The number of phenols is 1. The Bertz CT molecular complexity index is 1100. The Labute approximate surface area is 184 Å². The molecule has 31 heavy (non-hydrogen) atoms. The van der Waals surface area contributed by atoms with E-state index in [0.29, 0.717) is 26.8 Å². The number of hydrogen-bond donors (Lipinski definition) is 1. The summed E-state index contributed by atoms with van der Waals surface area (Å²) in [6.07, 6.45) is 5.73. The highest BCUT2D eigenvalue weighted by molar-refractivity contribution is 7.15. The van der Waals surface area contributed by atoms with Crippen molar-refractivity contribution in [2.75, 3.05) is 11.9 Å². The minimum absolute atomic E-state index is 0.00370. The van der Waals surface area contributed by atoms with Gasteiger partial charge in [0, 0.05) is 12.6 Å². The maximum atomic E-state index is 14.9. The quantitative estimate of drug-likeness (QED) is 0.622. The SMILES string of the molecule is CC[C@@H]1CCC[C@H](N(C)c2cnc(-c3ccc(-c4ncc(C#N)s4)cc3O)nn2)[C@@H]1F. The molecule has 7 nitrogen and oxygen atoms in total. The van der Waals surface area contributed by atoms with Crippen LogP contribution in [0.4, 0.5) is 10.2 Å². The number of anilines is 1. The fourth-order valence-electron chi connectivity index (χ4n) is 4.10. The number of benzene rings is 1. The molecule has 0 bridgehead atoms. The molecule has 4 rings (SSSR count). The van der Waals surface area contributed by atoms with E-state index in [1.165, 1.54) is 17.5 Å². The first kappa shape index (κ1) is 21.1. The van der Waals surface area contributed by atoms with Gasteiger partial charge in [-0.15, -0.1) is 21.5 Å². The van der Waals surface area contributed by atoms with Gasteiger partial charge in [0.05, 0.1) is 24.0 Å². The number of aromatic nitrogens is 4. The third kappa shape index (κ3) is 4.21. The third-order valence-corrected chi connectivity index (χ3v) is 6.88. The van der Waals surface area contributed by atoms with E-state index in [1.807, 2.05) is 18.9 Å². The summed E-state index contributed by atoms with van der Waals surface area (Å²) in [5.74, 6) is 0.871. The number of rotatable bonds is 5. The molecule has 3 atom stereocenters. The number of nitriles is 1. The average Bonchev–Trinajstić information content (AvgIpc) is 3.28. The lowest BCUT2D eigenvalue weighted by atomic mass is 9.82. The van der Waals surface area contributed by atoms with Gasteiger partial charge in [0.2, 0.25) is 0 Å². The molecule has 1 N–H and O–H groups in total. The lowest BCUT2D eigenvalue weighted by Gasteiger charge is -2.38. The predicted octanol–water partition coefficient (Wildman–Crippen LogP) is 4.59. The number of halogens is 1. The van der Waals surface area contributed by atoms with Crippen LogP contribution in [-0.4, -0.2) is 44.5 Å². The lowest BCUT2D eigenvalue weighted by molar-refractivity contribution is 0.134. The van der Waals surface area contributed by atoms with E-state index in [0.717, 1.165) is 25.7 Å². The second-order valence-electron chi connectivity index (χ2n) is 7.74. The molecular formula is C22H23FN6OS. The first-order chi connectivity index (χ1) is 15.0. The molecule has 1 aromatic carbocycles. The Kier molecular flexibility index (Phi) is 6.09. The maximum Gasteiger partial charge on any atom is 0.185 e. The fraction of sp³-hybridized carbons (Fsp3) is 0.409. The number of phenolic OH excluding ortho intramolecular Hbond substituents is 1. The van der Waals surface area contributed by atoms with E-state index >= 15 is 0 Å². The molecule has 1 aliphatic rings. The van der Waals surface area contributed by atoms with E-state index < -0.39 is 6.17 Å². The van der Waals surface area contributed by atoms with E-state index in [1.54, 1.807) is 24.4 Å². The lowest BCUT2D eigenvalue weighted by Crippen LogP contribution is -2.45. The second-order valence-corrected chi connectivity index (χ2v) is 8.77. The Balaban J connectivity index is 1.53. The molecule has 0 radical (unpaired) electrons. The van der Waals surface area contributed by atoms with Crippen molar-refractivity contribution in [3.63, 3.8) is 0 Å². The van der Waals surface area contributed by atoms with Gasteiger partial charge >= 0.3 is 0 Å². The summed E-state index contributed by atoms with van der Waals surface area (Å²) in [6.45, 7) is 2.03. The molecule has 1 fully saturated rings. The van der Waals surface area contributed by atoms with E-state index in [9.17, 15) is 9.50 Å². The van der Waals surface area contributed by atoms with Gasteiger partial charge in [-0.3, -0.25) is 0 Å². The van der Waals surface area contributed by atoms with Crippen LogP contribution in [0, 0.1) is 17.2 Å². The van der Waals surface area contributed by atoms with Crippen LogP contribution in [0.5, 0.6) is 5.75 Å². The van der Waals surface area contributed by atoms with Gasteiger partial charge < -0.3 is 10.0 Å². The van der Waals surface area contributed by atoms with Gasteiger partial charge in [-0.1, -0.05) is 25.8 Å². The first-order valence-electron chi connectivity index (χ1n) is 10.3. The van der Waals surface area contributed by atoms with E-state index in [-0.39, 0.29) is 23.5 Å². The summed E-state index contributed by atoms with van der Waals surface area (Å²) in [6, 6.07) is 6.88. The number of hydrogen-bond acceptors (Lipinski definition) is 8. The topological polar surface area (TPSA) is 98.8 Å². The van der Waals surface area contributed by atoms with E-state index in [4.69, 9.17) is 5.26 Å². The summed E-state index contributed by atoms with van der Waals surface area (Å²) in [5, 5.41) is 28.5. The summed E-state index contributed by atoms with van der Waals surface area (Å²) >= 11 is 1.25. The predicted molar refractivity (Wildman–Crippen MR) is 117 cm³/mol. The Morgan fingerprint density at radius 3 is 2.74 bits per heavy atom. The molecule has 0 saturated heterocycles. The third-order valence-electron chi connectivity index (χ3n) is 5.93. The van der Waals surface area contributed by atoms with Crippen LogP contribution in [-0.2, 0) is 0 Å². The van der Waals surface area contributed by atoms with Crippen molar-refractivity contribution in [1.82, 2.24) is 20.2 Å². The number of alkyl halides is 1. The van der Waals surface area contributed by atoms with Crippen LogP contribution in [0.2, 0.25) is 0 Å². The minimum atomic E-state index is -0.894. The zero-order valence-corrected chi connectivity index (χ0v) is 18.2. The van der Waals surface area contributed by atoms with Gasteiger partial charge in [0.15, 0.2) is 11.6 Å². The molecule has 9 heteroatoms. The normalized spacial score (nSPS) is 20.9. The summed E-state index contributed by atoms with van der Waals surface area (Å²) in [5.41, 5.74) is 1.14. The molecule has 2 aromatic heterocycles. The highest BCUT2D eigenvalue weighted by Gasteiger charge is 2.35. The molecule has 1 aliphatic carbocycles. The van der Waals surface area contributed by atoms with E-state index in [2.05, 4.69) is 26.2 Å². The second kappa shape index (κ2) is 8.94. The molecule has 0 unspecified atom stereocenters. The molecular weight excluding hydrogens is 415 g/mol. The zero-order valence-electron chi connectivity index (χ0n) is 17.4. The number of thiazole rings is 1. The van der Waals surface area contributed by atoms with Crippen molar-refractivity contribution in [2.24, 2.45) is 5.92 Å². The fourth-order valence-corrected chi connectivity index (χ4v) is 4.80. The highest BCUT2D eigenvalue weighted by Crippen LogP contribution is 2.35. The van der Waals surface area contributed by atoms with Gasteiger partial charge in [-0.2, -0.15) is 5.26 Å². The highest BCUT2D eigenvalue weighted by atomic mass is 32.1. The molecule has 0 spiro atoms. The van der Waals surface area contributed by atoms with Crippen LogP contribution < -0.4 is 4.90 Å². The Morgan fingerprint density at radius 2 is 2.10 bits per heavy atom. The van der Waals surface area contributed by atoms with Crippen molar-refractivity contribution < 1.29 is 9.50 Å². The van der Waals surface area contributed by atoms with Crippen molar-refractivity contribution >= 4 is 17.2 Å². The van der Waals surface area contributed by atoms with Crippen LogP contribution in [0.1, 0.15) is 37.5 Å². The monoisotopic (exact) mass is 438 g/mol. The van der Waals surface area contributed by atoms with Crippen molar-refractivity contribution in [3.05, 3.63) is 35.5 Å². The summed E-state index contributed by atoms with van der Waals surface area (Å²) < 4.78 is 14.9. The summed E-state index contributed by atoms with van der Waals surface area (Å²) in [7, 11) is 1.83. The molecule has 160 valence electrons. The molecule has 2 heterocycles. The van der Waals surface area contributed by atoms with Crippen LogP contribution in [0.15, 0.2) is 30.6 Å². The van der Waals surface area contributed by atoms with Crippen molar-refractivity contribution in [3.8, 4) is 33.8 Å². The molecule has 3 aromatic rings. The van der Waals surface area contributed by atoms with Crippen molar-refractivity contribution in [1.29, 1.82) is 5.26 Å². The molecule has 0 amide bonds. The smallest absolute Gasteiger partial charge is 0.185 e. The van der Waals surface area contributed by atoms with Gasteiger partial charge in [-0.25, -0.2) is 14.4 Å². The largest absolute Gasteiger partial charge is 0.507 e. The minimum Gasteiger partial charge on any atom is -0.507 e. The number of nitrogens with zero attached hydrogens (tertiary/aromatic N) is 6. The summed E-state index contributed by atoms with van der Waals surface area (Å²) in [4.78, 5) is 10.9. The van der Waals surface area contributed by atoms with Gasteiger partial charge in [-0.05, 0) is 30.9 Å². The standard InChI is InChI=1S/C22H23FN6OS/c1-3-13-5-4-6-17(20(13)23)29(2)19-12-25-21(28-27-19)16-8-7-14(9-18(16)30)22-26-11-15(10-24)31-22/h7-9,11-13,17,20,30H,3-6H2,1-2H3/t13-,17+,20-/m1/s1. The molecule has 0 aliphatic heterocycles. The van der Waals surface area contributed by atoms with Gasteiger partial charge in [0.25, 0.3) is 0 Å². The van der Waals surface area contributed by atoms with Crippen LogP contribution in [0.3, 0.4) is 0 Å².